The van der Waals surface area contributed by atoms with Crippen molar-refractivity contribution in [1.82, 2.24) is 0 Å². The zero-order valence-electron chi connectivity index (χ0n) is 9.63. The molecule has 0 spiro atoms. The van der Waals surface area contributed by atoms with E-state index in [1.54, 1.807) is 0 Å². The molecule has 0 radical (unpaired) electrons. The molecule has 15 heavy (non-hydrogen) atoms. The molecule has 1 nitrogen and oxygen atoms in total. The van der Waals surface area contributed by atoms with E-state index in [1.807, 2.05) is 31.2 Å². The summed E-state index contributed by atoms with van der Waals surface area (Å²) in [4.78, 5) is 0. The van der Waals surface area contributed by atoms with Crippen LogP contribution in [0.5, 0.6) is 0 Å². The highest BCUT2D eigenvalue weighted by Gasteiger charge is 2.22. The molecule has 0 fully saturated rings. The largest absolute Gasteiger partial charge is 0.385 e. The third-order valence-corrected chi connectivity index (χ3v) is 3.15. The Kier molecular flexibility index (Phi) is 4.35. The van der Waals surface area contributed by atoms with Gasteiger partial charge in [0.15, 0.2) is 0 Å². The Balaban J connectivity index is 2.76. The first-order valence-electron chi connectivity index (χ1n) is 5.40. The van der Waals surface area contributed by atoms with Crippen LogP contribution in [0.2, 0.25) is 0 Å². The number of aliphatic hydroxyl groups is 1. The fourth-order valence-corrected chi connectivity index (χ4v) is 1.94. The van der Waals surface area contributed by atoms with E-state index in [0.29, 0.717) is 5.92 Å². The molecule has 0 aliphatic rings. The summed E-state index contributed by atoms with van der Waals surface area (Å²) in [5.74, 6) is 0.628. The summed E-state index contributed by atoms with van der Waals surface area (Å²) in [7, 11) is 0. The maximum atomic E-state index is 10.3. The molecule has 1 N–H and O–H groups in total. The minimum Gasteiger partial charge on any atom is -0.385 e. The van der Waals surface area contributed by atoms with Crippen molar-refractivity contribution in [3.63, 3.8) is 0 Å². The van der Waals surface area contributed by atoms with Crippen LogP contribution in [0.15, 0.2) is 28.7 Å². The highest BCUT2D eigenvalue weighted by Crippen LogP contribution is 2.29. The van der Waals surface area contributed by atoms with Gasteiger partial charge >= 0.3 is 0 Å². The van der Waals surface area contributed by atoms with Gasteiger partial charge in [-0.3, -0.25) is 0 Å². The molecule has 0 saturated carbocycles. The SMILES string of the molecule is CC(C)CCC(C)(O)c1cccc(Br)c1. The Hall–Kier alpha value is -0.340. The molecule has 0 heterocycles. The molecule has 0 aliphatic heterocycles. The van der Waals surface area contributed by atoms with E-state index in [0.717, 1.165) is 22.9 Å². The van der Waals surface area contributed by atoms with Gasteiger partial charge in [0.05, 0.1) is 5.60 Å². The van der Waals surface area contributed by atoms with Crippen molar-refractivity contribution >= 4 is 15.9 Å². The lowest BCUT2D eigenvalue weighted by molar-refractivity contribution is 0.0420. The molecular weight excluding hydrogens is 252 g/mol. The van der Waals surface area contributed by atoms with Gasteiger partial charge in [0.25, 0.3) is 0 Å². The molecule has 84 valence electrons. The van der Waals surface area contributed by atoms with Crippen LogP contribution in [0.25, 0.3) is 0 Å². The molecule has 1 unspecified atom stereocenters. The molecule has 2 heteroatoms. The summed E-state index contributed by atoms with van der Waals surface area (Å²) in [5.41, 5.74) is 0.270. The highest BCUT2D eigenvalue weighted by atomic mass is 79.9. The quantitative estimate of drug-likeness (QED) is 0.874. The Morgan fingerprint density at radius 1 is 1.40 bits per heavy atom. The summed E-state index contributed by atoms with van der Waals surface area (Å²) in [6, 6.07) is 7.90. The molecule has 1 rings (SSSR count). The molecule has 1 atom stereocenters. The van der Waals surface area contributed by atoms with Gasteiger partial charge in [0.1, 0.15) is 0 Å². The number of rotatable bonds is 4. The second-order valence-corrected chi connectivity index (χ2v) is 5.63. The van der Waals surface area contributed by atoms with Crippen LogP contribution in [0.4, 0.5) is 0 Å². The Labute approximate surface area is 101 Å². The second kappa shape index (κ2) is 5.13. The zero-order chi connectivity index (χ0) is 11.5. The number of benzene rings is 1. The van der Waals surface area contributed by atoms with Crippen LogP contribution in [-0.2, 0) is 5.60 Å². The van der Waals surface area contributed by atoms with Crippen LogP contribution in [0.1, 0.15) is 39.2 Å². The standard InChI is InChI=1S/C13H19BrO/c1-10(2)7-8-13(3,15)11-5-4-6-12(14)9-11/h4-6,9-10,15H,7-8H2,1-3H3. The first-order chi connectivity index (χ1) is 6.92. The van der Waals surface area contributed by atoms with Crippen molar-refractivity contribution < 1.29 is 5.11 Å². The van der Waals surface area contributed by atoms with Crippen molar-refractivity contribution in [2.24, 2.45) is 5.92 Å². The van der Waals surface area contributed by atoms with Crippen molar-refractivity contribution in [2.75, 3.05) is 0 Å². The maximum absolute atomic E-state index is 10.3. The average molecular weight is 271 g/mol. The molecule has 1 aromatic rings. The first kappa shape index (κ1) is 12.7. The lowest BCUT2D eigenvalue weighted by Crippen LogP contribution is -2.21. The second-order valence-electron chi connectivity index (χ2n) is 4.72. The van der Waals surface area contributed by atoms with Gasteiger partial charge in [-0.2, -0.15) is 0 Å². The van der Waals surface area contributed by atoms with Crippen LogP contribution >= 0.6 is 15.9 Å². The summed E-state index contributed by atoms with van der Waals surface area (Å²) in [6.07, 6.45) is 1.85. The fraction of sp³-hybridized carbons (Fsp3) is 0.538. The molecule has 1 aromatic carbocycles. The normalized spacial score (nSPS) is 15.3. The van der Waals surface area contributed by atoms with Gasteiger partial charge < -0.3 is 5.11 Å². The van der Waals surface area contributed by atoms with Crippen molar-refractivity contribution in [3.8, 4) is 0 Å². The molecule has 0 saturated heterocycles. The topological polar surface area (TPSA) is 20.2 Å². The van der Waals surface area contributed by atoms with E-state index in [2.05, 4.69) is 29.8 Å². The fourth-order valence-electron chi connectivity index (χ4n) is 1.54. The van der Waals surface area contributed by atoms with Gasteiger partial charge in [0.2, 0.25) is 0 Å². The monoisotopic (exact) mass is 270 g/mol. The predicted molar refractivity (Wildman–Crippen MR) is 67.8 cm³/mol. The average Bonchev–Trinajstić information content (AvgIpc) is 2.15. The van der Waals surface area contributed by atoms with E-state index in [9.17, 15) is 5.11 Å². The van der Waals surface area contributed by atoms with Crippen LogP contribution in [0.3, 0.4) is 0 Å². The van der Waals surface area contributed by atoms with Crippen molar-refractivity contribution in [1.29, 1.82) is 0 Å². The minimum atomic E-state index is -0.714. The zero-order valence-corrected chi connectivity index (χ0v) is 11.2. The van der Waals surface area contributed by atoms with Gasteiger partial charge in [-0.1, -0.05) is 41.9 Å². The van der Waals surface area contributed by atoms with Crippen LogP contribution in [-0.4, -0.2) is 5.11 Å². The highest BCUT2D eigenvalue weighted by molar-refractivity contribution is 9.10. The van der Waals surface area contributed by atoms with Crippen LogP contribution < -0.4 is 0 Å². The number of halogens is 1. The number of hydrogen-bond acceptors (Lipinski definition) is 1. The lowest BCUT2D eigenvalue weighted by Gasteiger charge is -2.25. The summed E-state index contributed by atoms with van der Waals surface area (Å²) in [6.45, 7) is 6.24. The molecule has 0 amide bonds. The summed E-state index contributed by atoms with van der Waals surface area (Å²) >= 11 is 3.42. The van der Waals surface area contributed by atoms with E-state index >= 15 is 0 Å². The number of hydrogen-bond donors (Lipinski definition) is 1. The van der Waals surface area contributed by atoms with E-state index in [4.69, 9.17) is 0 Å². The van der Waals surface area contributed by atoms with E-state index < -0.39 is 5.60 Å². The van der Waals surface area contributed by atoms with Gasteiger partial charge in [0, 0.05) is 4.47 Å². The summed E-state index contributed by atoms with van der Waals surface area (Å²) < 4.78 is 1.02. The Bertz CT molecular complexity index is 318. The smallest absolute Gasteiger partial charge is 0.0869 e. The van der Waals surface area contributed by atoms with E-state index in [1.165, 1.54) is 0 Å². The Morgan fingerprint density at radius 2 is 2.07 bits per heavy atom. The molecule has 0 bridgehead atoms. The summed E-state index contributed by atoms with van der Waals surface area (Å²) in [5, 5.41) is 10.3. The maximum Gasteiger partial charge on any atom is 0.0869 e. The minimum absolute atomic E-state index is 0.628. The third-order valence-electron chi connectivity index (χ3n) is 2.66. The predicted octanol–water partition coefficient (Wildman–Crippen LogP) is 4.09. The molecule has 0 aliphatic carbocycles. The lowest BCUT2D eigenvalue weighted by atomic mass is 9.89. The van der Waals surface area contributed by atoms with Crippen LogP contribution in [0, 0.1) is 5.92 Å². The Morgan fingerprint density at radius 3 is 2.60 bits per heavy atom. The molecular formula is C13H19BrO. The van der Waals surface area contributed by atoms with Crippen molar-refractivity contribution in [2.45, 2.75) is 39.2 Å². The first-order valence-corrected chi connectivity index (χ1v) is 6.19. The van der Waals surface area contributed by atoms with E-state index in [-0.39, 0.29) is 0 Å². The van der Waals surface area contributed by atoms with Gasteiger partial charge in [-0.05, 0) is 43.4 Å². The van der Waals surface area contributed by atoms with Crippen molar-refractivity contribution in [3.05, 3.63) is 34.3 Å². The van der Waals surface area contributed by atoms with Gasteiger partial charge in [-0.25, -0.2) is 0 Å². The van der Waals surface area contributed by atoms with Gasteiger partial charge in [-0.15, -0.1) is 0 Å². The molecule has 0 aromatic heterocycles. The third kappa shape index (κ3) is 3.96.